The van der Waals surface area contributed by atoms with Crippen molar-refractivity contribution in [2.75, 3.05) is 24.6 Å². The Morgan fingerprint density at radius 2 is 2.00 bits per heavy atom. The van der Waals surface area contributed by atoms with E-state index in [0.717, 1.165) is 0 Å². The van der Waals surface area contributed by atoms with E-state index in [1.807, 2.05) is 0 Å². The number of rotatable bonds is 3. The third-order valence-electron chi connectivity index (χ3n) is 3.70. The normalized spacial score (nSPS) is 14.1. The SMILES string of the molecule is COc1ccc(S(=O)(=O)N2CCOc3ccc(F)cc32)cc1C. The molecule has 0 fully saturated rings. The number of benzene rings is 2. The molecule has 3 rings (SSSR count). The van der Waals surface area contributed by atoms with Gasteiger partial charge in [0.15, 0.2) is 0 Å². The Kier molecular flexibility index (Phi) is 3.89. The first-order chi connectivity index (χ1) is 10.9. The maximum Gasteiger partial charge on any atom is 0.264 e. The van der Waals surface area contributed by atoms with Gasteiger partial charge in [-0.2, -0.15) is 0 Å². The second-order valence-electron chi connectivity index (χ2n) is 5.17. The molecule has 0 saturated carbocycles. The highest BCUT2D eigenvalue weighted by atomic mass is 32.2. The molecule has 0 bridgehead atoms. The first-order valence-electron chi connectivity index (χ1n) is 7.03. The lowest BCUT2D eigenvalue weighted by molar-refractivity contribution is 0.315. The lowest BCUT2D eigenvalue weighted by atomic mass is 10.2. The zero-order chi connectivity index (χ0) is 16.6. The molecule has 1 aliphatic heterocycles. The minimum atomic E-state index is -3.81. The molecule has 0 atom stereocenters. The summed E-state index contributed by atoms with van der Waals surface area (Å²) in [6.45, 7) is 2.11. The largest absolute Gasteiger partial charge is 0.496 e. The van der Waals surface area contributed by atoms with Gasteiger partial charge in [-0.3, -0.25) is 4.31 Å². The van der Waals surface area contributed by atoms with Gasteiger partial charge in [-0.15, -0.1) is 0 Å². The summed E-state index contributed by atoms with van der Waals surface area (Å²) in [7, 11) is -2.28. The number of anilines is 1. The average molecular weight is 337 g/mol. The molecular formula is C16H16FNO4S. The van der Waals surface area contributed by atoms with E-state index >= 15 is 0 Å². The average Bonchev–Trinajstić information content (AvgIpc) is 2.54. The molecule has 0 spiro atoms. The van der Waals surface area contributed by atoms with Crippen LogP contribution in [0.4, 0.5) is 10.1 Å². The minimum Gasteiger partial charge on any atom is -0.496 e. The molecule has 2 aromatic carbocycles. The van der Waals surface area contributed by atoms with Crippen LogP contribution in [-0.2, 0) is 10.0 Å². The Morgan fingerprint density at radius 3 is 2.70 bits per heavy atom. The summed E-state index contributed by atoms with van der Waals surface area (Å²) in [5.41, 5.74) is 0.922. The van der Waals surface area contributed by atoms with Crippen LogP contribution in [0.25, 0.3) is 0 Å². The summed E-state index contributed by atoms with van der Waals surface area (Å²) in [5.74, 6) is 0.448. The Bertz CT molecular complexity index is 851. The molecule has 0 N–H and O–H groups in total. The van der Waals surface area contributed by atoms with Crippen molar-refractivity contribution in [1.82, 2.24) is 0 Å². The van der Waals surface area contributed by atoms with E-state index in [1.165, 1.54) is 35.7 Å². The zero-order valence-electron chi connectivity index (χ0n) is 12.7. The van der Waals surface area contributed by atoms with Gasteiger partial charge in [-0.1, -0.05) is 0 Å². The van der Waals surface area contributed by atoms with E-state index < -0.39 is 15.8 Å². The standard InChI is InChI=1S/C16H16FNO4S/c1-11-9-13(4-6-15(11)21-2)23(19,20)18-7-8-22-16-5-3-12(17)10-14(16)18/h3-6,9-10H,7-8H2,1-2H3. The Labute approximate surface area is 134 Å². The summed E-state index contributed by atoms with van der Waals surface area (Å²) in [6.07, 6.45) is 0. The summed E-state index contributed by atoms with van der Waals surface area (Å²) < 4.78 is 51.1. The van der Waals surface area contributed by atoms with E-state index in [9.17, 15) is 12.8 Å². The molecule has 1 aliphatic rings. The summed E-state index contributed by atoms with van der Waals surface area (Å²) in [6, 6.07) is 8.48. The van der Waals surface area contributed by atoms with Gasteiger partial charge in [0, 0.05) is 6.07 Å². The minimum absolute atomic E-state index is 0.129. The topological polar surface area (TPSA) is 55.8 Å². The van der Waals surface area contributed by atoms with E-state index in [-0.39, 0.29) is 23.7 Å². The number of aryl methyl sites for hydroxylation is 1. The summed E-state index contributed by atoms with van der Waals surface area (Å²) in [5, 5.41) is 0. The second-order valence-corrected chi connectivity index (χ2v) is 7.03. The van der Waals surface area contributed by atoms with Crippen molar-refractivity contribution in [3.05, 3.63) is 47.8 Å². The van der Waals surface area contributed by atoms with E-state index in [1.54, 1.807) is 19.1 Å². The van der Waals surface area contributed by atoms with E-state index in [2.05, 4.69) is 0 Å². The van der Waals surface area contributed by atoms with Crippen LogP contribution >= 0.6 is 0 Å². The van der Waals surface area contributed by atoms with Crippen LogP contribution in [0.1, 0.15) is 5.56 Å². The van der Waals surface area contributed by atoms with Crippen molar-refractivity contribution < 1.29 is 22.3 Å². The molecule has 0 amide bonds. The molecule has 7 heteroatoms. The van der Waals surface area contributed by atoms with Gasteiger partial charge in [0.2, 0.25) is 0 Å². The number of hydrogen-bond donors (Lipinski definition) is 0. The van der Waals surface area contributed by atoms with E-state index in [4.69, 9.17) is 9.47 Å². The highest BCUT2D eigenvalue weighted by Gasteiger charge is 2.30. The van der Waals surface area contributed by atoms with Crippen molar-refractivity contribution >= 4 is 15.7 Å². The summed E-state index contributed by atoms with van der Waals surface area (Å²) in [4.78, 5) is 0.132. The fraction of sp³-hybridized carbons (Fsp3) is 0.250. The Hall–Kier alpha value is -2.28. The van der Waals surface area contributed by atoms with Crippen LogP contribution < -0.4 is 13.8 Å². The molecule has 0 radical (unpaired) electrons. The highest BCUT2D eigenvalue weighted by molar-refractivity contribution is 7.92. The third kappa shape index (κ3) is 2.72. The maximum atomic E-state index is 13.5. The highest BCUT2D eigenvalue weighted by Crippen LogP contribution is 2.36. The van der Waals surface area contributed by atoms with Gasteiger partial charge >= 0.3 is 0 Å². The molecule has 0 aliphatic carbocycles. The first kappa shape index (κ1) is 15.6. The molecule has 0 unspecified atom stereocenters. The van der Waals surface area contributed by atoms with Gasteiger partial charge in [-0.25, -0.2) is 12.8 Å². The fourth-order valence-corrected chi connectivity index (χ4v) is 4.09. The zero-order valence-corrected chi connectivity index (χ0v) is 13.6. The number of halogens is 1. The predicted molar refractivity (Wildman–Crippen MR) is 84.2 cm³/mol. The monoisotopic (exact) mass is 337 g/mol. The number of hydrogen-bond acceptors (Lipinski definition) is 4. The van der Waals surface area contributed by atoms with Crippen molar-refractivity contribution in [1.29, 1.82) is 0 Å². The van der Waals surface area contributed by atoms with Crippen molar-refractivity contribution in [3.63, 3.8) is 0 Å². The molecular weight excluding hydrogens is 321 g/mol. The van der Waals surface area contributed by atoms with Gasteiger partial charge in [0.25, 0.3) is 10.0 Å². The lowest BCUT2D eigenvalue weighted by Gasteiger charge is -2.30. The van der Waals surface area contributed by atoms with Crippen LogP contribution in [0.3, 0.4) is 0 Å². The number of fused-ring (bicyclic) bond motifs is 1. The Balaban J connectivity index is 2.08. The van der Waals surface area contributed by atoms with Crippen molar-refractivity contribution in [3.8, 4) is 11.5 Å². The third-order valence-corrected chi connectivity index (χ3v) is 5.51. The number of nitrogens with zero attached hydrogens (tertiary/aromatic N) is 1. The quantitative estimate of drug-likeness (QED) is 0.864. The summed E-state index contributed by atoms with van der Waals surface area (Å²) >= 11 is 0. The molecule has 0 saturated heterocycles. The van der Waals surface area contributed by atoms with Crippen LogP contribution in [0.2, 0.25) is 0 Å². The second kappa shape index (κ2) is 5.73. The smallest absolute Gasteiger partial charge is 0.264 e. The van der Waals surface area contributed by atoms with Gasteiger partial charge < -0.3 is 9.47 Å². The molecule has 0 aromatic heterocycles. The molecule has 1 heterocycles. The van der Waals surface area contributed by atoms with Crippen molar-refractivity contribution in [2.24, 2.45) is 0 Å². The lowest BCUT2D eigenvalue weighted by Crippen LogP contribution is -2.38. The van der Waals surface area contributed by atoms with Gasteiger partial charge in [-0.05, 0) is 42.8 Å². The molecule has 122 valence electrons. The Morgan fingerprint density at radius 1 is 1.22 bits per heavy atom. The molecule has 2 aromatic rings. The number of ether oxygens (including phenoxy) is 2. The van der Waals surface area contributed by atoms with Gasteiger partial charge in [0.05, 0.1) is 24.2 Å². The predicted octanol–water partition coefficient (Wildman–Crippen LogP) is 2.73. The first-order valence-corrected chi connectivity index (χ1v) is 8.47. The number of sulfonamides is 1. The molecule has 5 nitrogen and oxygen atoms in total. The maximum absolute atomic E-state index is 13.5. The fourth-order valence-electron chi connectivity index (χ4n) is 2.55. The number of methoxy groups -OCH3 is 1. The molecule has 23 heavy (non-hydrogen) atoms. The van der Waals surface area contributed by atoms with Crippen molar-refractivity contribution in [2.45, 2.75) is 11.8 Å². The van der Waals surface area contributed by atoms with Crippen LogP contribution in [0.5, 0.6) is 11.5 Å². The van der Waals surface area contributed by atoms with Crippen LogP contribution in [0.15, 0.2) is 41.3 Å². The van der Waals surface area contributed by atoms with Crippen LogP contribution in [-0.4, -0.2) is 28.7 Å². The van der Waals surface area contributed by atoms with E-state index in [0.29, 0.717) is 17.1 Å². The van der Waals surface area contributed by atoms with Crippen LogP contribution in [0, 0.1) is 12.7 Å². The van der Waals surface area contributed by atoms with Gasteiger partial charge in [0.1, 0.15) is 23.9 Å².